The second-order valence-corrected chi connectivity index (χ2v) is 17.8. The molecular formula is C49H93NO8. The number of ether oxygens (including phenoxy) is 4. The lowest BCUT2D eigenvalue weighted by Gasteiger charge is -2.26. The Morgan fingerprint density at radius 1 is 0.500 bits per heavy atom. The summed E-state index contributed by atoms with van der Waals surface area (Å²) in [5, 5.41) is 11.7. The van der Waals surface area contributed by atoms with E-state index in [1.54, 1.807) is 0 Å². The van der Waals surface area contributed by atoms with Gasteiger partial charge in [0.2, 0.25) is 0 Å². The third kappa shape index (κ3) is 42.2. The number of carbonyl (C=O) groups is 3. The summed E-state index contributed by atoms with van der Waals surface area (Å²) in [6.07, 6.45) is 41.1. The van der Waals surface area contributed by atoms with Crippen molar-refractivity contribution in [1.29, 1.82) is 0 Å². The first-order chi connectivity index (χ1) is 28.1. The van der Waals surface area contributed by atoms with Crippen LogP contribution < -0.4 is 5.11 Å². The van der Waals surface area contributed by atoms with Gasteiger partial charge < -0.3 is 33.3 Å². The van der Waals surface area contributed by atoms with E-state index < -0.39 is 24.3 Å². The number of esters is 2. The molecule has 9 nitrogen and oxygen atoms in total. The maximum absolute atomic E-state index is 12.7. The number of rotatable bonds is 45. The summed E-state index contributed by atoms with van der Waals surface area (Å²) in [4.78, 5) is 37.0. The number of aliphatic carboxylic acids is 1. The number of carboxylic acids is 1. The Balaban J connectivity index is 4.23. The topological polar surface area (TPSA) is 111 Å². The molecule has 9 heteroatoms. The van der Waals surface area contributed by atoms with Gasteiger partial charge in [-0.15, -0.1) is 0 Å². The number of nitrogens with zero attached hydrogens (tertiary/aromatic N) is 1. The number of likely N-dealkylation sites (N-methyl/N-ethyl adjacent to an activating group) is 1. The van der Waals surface area contributed by atoms with Crippen LogP contribution in [0.2, 0.25) is 0 Å². The molecule has 0 fully saturated rings. The second-order valence-electron chi connectivity index (χ2n) is 17.8. The van der Waals surface area contributed by atoms with E-state index in [-0.39, 0.29) is 32.2 Å². The van der Waals surface area contributed by atoms with Crippen LogP contribution in [0.4, 0.5) is 0 Å². The van der Waals surface area contributed by atoms with Crippen molar-refractivity contribution >= 4 is 17.9 Å². The largest absolute Gasteiger partial charge is 0.545 e. The molecule has 2 unspecified atom stereocenters. The Labute approximate surface area is 357 Å². The third-order valence-corrected chi connectivity index (χ3v) is 10.8. The number of carboxylic acid groups (broad SMARTS) is 1. The molecule has 0 heterocycles. The molecule has 0 rings (SSSR count). The summed E-state index contributed by atoms with van der Waals surface area (Å²) in [7, 11) is 5.91. The van der Waals surface area contributed by atoms with E-state index in [0.717, 1.165) is 57.8 Å². The molecule has 342 valence electrons. The van der Waals surface area contributed by atoms with Crippen molar-refractivity contribution in [2.45, 2.75) is 238 Å². The van der Waals surface area contributed by atoms with E-state index in [0.29, 0.717) is 23.9 Å². The van der Waals surface area contributed by atoms with Gasteiger partial charge in [0, 0.05) is 12.8 Å². The predicted octanol–water partition coefficient (Wildman–Crippen LogP) is 11.7. The number of hydrogen-bond acceptors (Lipinski definition) is 8. The van der Waals surface area contributed by atoms with Crippen molar-refractivity contribution < 1.29 is 42.9 Å². The average molecular weight is 824 g/mol. The predicted molar refractivity (Wildman–Crippen MR) is 237 cm³/mol. The number of unbranched alkanes of at least 4 members (excludes halogenated alkanes) is 28. The molecule has 0 bridgehead atoms. The second kappa shape index (κ2) is 41.8. The standard InChI is InChI=1S/C49H93NO8/c1-6-8-10-12-14-16-18-19-20-21-22-23-24-25-26-27-28-30-31-33-35-37-39-46(51)56-43-45(44-57-49(48(53)54)55-42-41-50(3,4)5)58-47(52)40-38-36-34-32-29-17-15-13-11-9-7-2/h13,15,45,49H,6-12,14,16-44H2,1-5H3/b15-13-. The zero-order valence-electron chi connectivity index (χ0n) is 38.7. The van der Waals surface area contributed by atoms with Crippen LogP contribution in [0.5, 0.6) is 0 Å². The lowest BCUT2D eigenvalue weighted by atomic mass is 10.0. The SMILES string of the molecule is CCCC/C=C\CCCCCCCC(=O)OC(COC(=O)CCCCCCCCCCCCCCCCCCCCCCCC)COC(OCC[N+](C)(C)C)C(=O)[O-]. The highest BCUT2D eigenvalue weighted by Crippen LogP contribution is 2.16. The van der Waals surface area contributed by atoms with Crippen molar-refractivity contribution in [2.24, 2.45) is 0 Å². The molecule has 0 saturated heterocycles. The molecule has 0 N–H and O–H groups in total. The first kappa shape index (κ1) is 56.0. The maximum atomic E-state index is 12.7. The fraction of sp³-hybridized carbons (Fsp3) is 0.898. The van der Waals surface area contributed by atoms with Crippen molar-refractivity contribution in [1.82, 2.24) is 0 Å². The molecule has 0 amide bonds. The van der Waals surface area contributed by atoms with Gasteiger partial charge in [-0.3, -0.25) is 9.59 Å². The summed E-state index contributed by atoms with van der Waals surface area (Å²) >= 11 is 0. The van der Waals surface area contributed by atoms with Gasteiger partial charge in [0.25, 0.3) is 0 Å². The smallest absolute Gasteiger partial charge is 0.306 e. The normalized spacial score (nSPS) is 12.9. The lowest BCUT2D eigenvalue weighted by molar-refractivity contribution is -0.870. The minimum absolute atomic E-state index is 0.149. The van der Waals surface area contributed by atoms with Gasteiger partial charge >= 0.3 is 11.9 Å². The number of carbonyl (C=O) groups excluding carboxylic acids is 3. The minimum Gasteiger partial charge on any atom is -0.545 e. The fourth-order valence-electron chi connectivity index (χ4n) is 6.93. The van der Waals surface area contributed by atoms with Crippen LogP contribution >= 0.6 is 0 Å². The Bertz CT molecular complexity index is 965. The van der Waals surface area contributed by atoms with Gasteiger partial charge in [-0.2, -0.15) is 0 Å². The summed E-state index contributed by atoms with van der Waals surface area (Å²) < 4.78 is 22.6. The molecule has 2 atom stereocenters. The third-order valence-electron chi connectivity index (χ3n) is 10.8. The van der Waals surface area contributed by atoms with Crippen LogP contribution in [0.15, 0.2) is 12.2 Å². The zero-order valence-corrected chi connectivity index (χ0v) is 38.7. The molecule has 0 aliphatic carbocycles. The highest BCUT2D eigenvalue weighted by molar-refractivity contribution is 5.70. The minimum atomic E-state index is -1.62. The summed E-state index contributed by atoms with van der Waals surface area (Å²) in [6.45, 7) is 4.72. The Morgan fingerprint density at radius 2 is 0.897 bits per heavy atom. The van der Waals surface area contributed by atoms with Crippen LogP contribution in [-0.4, -0.2) is 82.3 Å². The van der Waals surface area contributed by atoms with E-state index in [1.807, 2.05) is 21.1 Å². The van der Waals surface area contributed by atoms with Gasteiger partial charge in [0.1, 0.15) is 13.2 Å². The average Bonchev–Trinajstić information content (AvgIpc) is 3.18. The Morgan fingerprint density at radius 3 is 1.33 bits per heavy atom. The maximum Gasteiger partial charge on any atom is 0.306 e. The highest BCUT2D eigenvalue weighted by Gasteiger charge is 2.21. The van der Waals surface area contributed by atoms with E-state index in [1.165, 1.54) is 135 Å². The molecule has 0 aromatic carbocycles. The van der Waals surface area contributed by atoms with Crippen LogP contribution in [0.3, 0.4) is 0 Å². The van der Waals surface area contributed by atoms with E-state index in [9.17, 15) is 19.5 Å². The number of quaternary nitrogens is 1. The Hall–Kier alpha value is -1.97. The van der Waals surface area contributed by atoms with E-state index >= 15 is 0 Å². The molecular weight excluding hydrogens is 731 g/mol. The van der Waals surface area contributed by atoms with Crippen LogP contribution in [0.25, 0.3) is 0 Å². The number of hydrogen-bond donors (Lipinski definition) is 0. The quantitative estimate of drug-likeness (QED) is 0.0196. The molecule has 0 aromatic heterocycles. The van der Waals surface area contributed by atoms with Gasteiger partial charge in [-0.25, -0.2) is 0 Å². The van der Waals surface area contributed by atoms with Crippen LogP contribution in [0.1, 0.15) is 226 Å². The van der Waals surface area contributed by atoms with Crippen molar-refractivity contribution in [3.05, 3.63) is 12.2 Å². The van der Waals surface area contributed by atoms with E-state index in [2.05, 4.69) is 26.0 Å². The van der Waals surface area contributed by atoms with Crippen molar-refractivity contribution in [3.63, 3.8) is 0 Å². The molecule has 0 aromatic rings. The van der Waals surface area contributed by atoms with Gasteiger partial charge in [0.05, 0.1) is 40.3 Å². The lowest BCUT2D eigenvalue weighted by Crippen LogP contribution is -2.44. The first-order valence-corrected chi connectivity index (χ1v) is 24.3. The van der Waals surface area contributed by atoms with Gasteiger partial charge in [-0.05, 0) is 32.1 Å². The zero-order chi connectivity index (χ0) is 42.8. The van der Waals surface area contributed by atoms with Crippen molar-refractivity contribution in [3.8, 4) is 0 Å². The summed E-state index contributed by atoms with van der Waals surface area (Å²) in [5.74, 6) is -2.28. The molecule has 0 radical (unpaired) electrons. The van der Waals surface area contributed by atoms with Crippen LogP contribution in [0, 0.1) is 0 Å². The number of allylic oxidation sites excluding steroid dienone is 2. The molecule has 0 aliphatic rings. The first-order valence-electron chi connectivity index (χ1n) is 24.3. The molecule has 0 spiro atoms. The Kier molecular flexibility index (Phi) is 40.3. The van der Waals surface area contributed by atoms with Crippen LogP contribution in [-0.2, 0) is 33.3 Å². The fourth-order valence-corrected chi connectivity index (χ4v) is 6.93. The van der Waals surface area contributed by atoms with Crippen molar-refractivity contribution in [2.75, 3.05) is 47.5 Å². The molecule has 0 aliphatic heterocycles. The molecule has 58 heavy (non-hydrogen) atoms. The van der Waals surface area contributed by atoms with Gasteiger partial charge in [0.15, 0.2) is 12.4 Å². The summed E-state index contributed by atoms with van der Waals surface area (Å²) in [5.41, 5.74) is 0. The monoisotopic (exact) mass is 824 g/mol. The highest BCUT2D eigenvalue weighted by atomic mass is 16.7. The van der Waals surface area contributed by atoms with E-state index in [4.69, 9.17) is 18.9 Å². The summed E-state index contributed by atoms with van der Waals surface area (Å²) in [6, 6.07) is 0. The molecule has 0 saturated carbocycles. The van der Waals surface area contributed by atoms with Gasteiger partial charge in [-0.1, -0.05) is 193 Å².